The van der Waals surface area contributed by atoms with Crippen LogP contribution in [0.5, 0.6) is 0 Å². The van der Waals surface area contributed by atoms with E-state index in [4.69, 9.17) is 4.74 Å². The monoisotopic (exact) mass is 192 g/mol. The predicted molar refractivity (Wildman–Crippen MR) is 61.3 cm³/mol. The summed E-state index contributed by atoms with van der Waals surface area (Å²) in [5.41, 5.74) is 3.98. The Morgan fingerprint density at radius 1 is 1.50 bits per heavy atom. The summed E-state index contributed by atoms with van der Waals surface area (Å²) in [6.07, 6.45) is 5.32. The minimum Gasteiger partial charge on any atom is -0.376 e. The summed E-state index contributed by atoms with van der Waals surface area (Å²) in [5.74, 6) is 0.566. The average molecular weight is 192 g/mol. The number of allylic oxidation sites excluding steroid dienone is 3. The fourth-order valence-corrected chi connectivity index (χ4v) is 1.80. The van der Waals surface area contributed by atoms with Crippen LogP contribution in [0, 0.1) is 5.92 Å². The van der Waals surface area contributed by atoms with Crippen LogP contribution in [0.1, 0.15) is 27.2 Å². The van der Waals surface area contributed by atoms with Crippen LogP contribution in [-0.2, 0) is 4.74 Å². The van der Waals surface area contributed by atoms with Crippen LogP contribution in [0.2, 0.25) is 0 Å². The average Bonchev–Trinajstić information content (AvgIpc) is 2.15. The van der Waals surface area contributed by atoms with Crippen molar-refractivity contribution in [2.45, 2.75) is 27.2 Å². The number of hydrogen-bond donors (Lipinski definition) is 0. The molecule has 0 atom stereocenters. The number of hydrogen-bond acceptors (Lipinski definition) is 1. The van der Waals surface area contributed by atoms with E-state index in [0.717, 1.165) is 18.6 Å². The molecule has 1 aliphatic rings. The molecule has 14 heavy (non-hydrogen) atoms. The lowest BCUT2D eigenvalue weighted by atomic mass is 9.90. The van der Waals surface area contributed by atoms with Gasteiger partial charge in [0.05, 0.1) is 13.2 Å². The highest BCUT2D eigenvalue weighted by atomic mass is 16.5. The van der Waals surface area contributed by atoms with Gasteiger partial charge in [0.25, 0.3) is 0 Å². The van der Waals surface area contributed by atoms with Crippen molar-refractivity contribution in [2.24, 2.45) is 5.92 Å². The molecule has 1 fully saturated rings. The molecule has 0 spiro atoms. The third-order valence-electron chi connectivity index (χ3n) is 2.52. The molecule has 0 unspecified atom stereocenters. The Hall–Kier alpha value is -0.820. The SMILES string of the molecule is C=C1COCC/C1=C(/C=C\C)C(C)C. The Labute approximate surface area is 87.2 Å². The van der Waals surface area contributed by atoms with Crippen LogP contribution < -0.4 is 0 Å². The minimum atomic E-state index is 0.566. The maximum absolute atomic E-state index is 5.36. The number of rotatable bonds is 2. The van der Waals surface area contributed by atoms with Crippen LogP contribution in [0.4, 0.5) is 0 Å². The van der Waals surface area contributed by atoms with Crippen LogP contribution in [0.15, 0.2) is 35.5 Å². The van der Waals surface area contributed by atoms with E-state index in [1.807, 2.05) is 0 Å². The molecule has 0 amide bonds. The molecule has 1 saturated heterocycles. The molecule has 0 radical (unpaired) electrons. The van der Waals surface area contributed by atoms with Gasteiger partial charge in [0.2, 0.25) is 0 Å². The second kappa shape index (κ2) is 5.16. The highest BCUT2D eigenvalue weighted by Gasteiger charge is 2.15. The molecular weight excluding hydrogens is 172 g/mol. The van der Waals surface area contributed by atoms with Gasteiger partial charge < -0.3 is 4.74 Å². The third kappa shape index (κ3) is 2.58. The lowest BCUT2D eigenvalue weighted by molar-refractivity contribution is 0.145. The van der Waals surface area contributed by atoms with Gasteiger partial charge in [-0.1, -0.05) is 32.6 Å². The second-order valence-electron chi connectivity index (χ2n) is 3.99. The largest absolute Gasteiger partial charge is 0.376 e. The van der Waals surface area contributed by atoms with E-state index in [0.29, 0.717) is 12.5 Å². The van der Waals surface area contributed by atoms with Crippen LogP contribution in [0.25, 0.3) is 0 Å². The van der Waals surface area contributed by atoms with E-state index in [-0.39, 0.29) is 0 Å². The first-order valence-electron chi connectivity index (χ1n) is 5.28. The molecule has 0 bridgehead atoms. The molecule has 1 aliphatic heterocycles. The Bertz CT molecular complexity index is 269. The quantitative estimate of drug-likeness (QED) is 0.650. The fraction of sp³-hybridized carbons (Fsp3) is 0.538. The summed E-state index contributed by atoms with van der Waals surface area (Å²) in [6.45, 7) is 12.1. The van der Waals surface area contributed by atoms with Gasteiger partial charge in [0.15, 0.2) is 0 Å². The van der Waals surface area contributed by atoms with Gasteiger partial charge in [-0.05, 0) is 36.0 Å². The summed E-state index contributed by atoms with van der Waals surface area (Å²) in [4.78, 5) is 0. The standard InChI is InChI=1S/C13H20O/c1-5-6-12(10(2)3)13-7-8-14-9-11(13)4/h5-6,10H,4,7-9H2,1-3H3/b6-5-,13-12+. The highest BCUT2D eigenvalue weighted by Crippen LogP contribution is 2.27. The van der Waals surface area contributed by atoms with Crippen molar-refractivity contribution >= 4 is 0 Å². The van der Waals surface area contributed by atoms with Crippen molar-refractivity contribution in [3.63, 3.8) is 0 Å². The van der Waals surface area contributed by atoms with E-state index in [9.17, 15) is 0 Å². The van der Waals surface area contributed by atoms with Gasteiger partial charge in [0.1, 0.15) is 0 Å². The molecule has 0 saturated carbocycles. The van der Waals surface area contributed by atoms with Crippen molar-refractivity contribution in [3.05, 3.63) is 35.5 Å². The van der Waals surface area contributed by atoms with E-state index in [1.165, 1.54) is 11.1 Å². The fourth-order valence-electron chi connectivity index (χ4n) is 1.80. The zero-order valence-corrected chi connectivity index (χ0v) is 9.47. The van der Waals surface area contributed by atoms with Crippen LogP contribution >= 0.6 is 0 Å². The van der Waals surface area contributed by atoms with Crippen molar-refractivity contribution in [1.29, 1.82) is 0 Å². The number of ether oxygens (including phenoxy) is 1. The lowest BCUT2D eigenvalue weighted by Crippen LogP contribution is -2.13. The second-order valence-corrected chi connectivity index (χ2v) is 3.99. The van der Waals surface area contributed by atoms with Gasteiger partial charge in [0, 0.05) is 0 Å². The van der Waals surface area contributed by atoms with Crippen molar-refractivity contribution in [1.82, 2.24) is 0 Å². The maximum Gasteiger partial charge on any atom is 0.0714 e. The van der Waals surface area contributed by atoms with Crippen LogP contribution in [0.3, 0.4) is 0 Å². The van der Waals surface area contributed by atoms with Gasteiger partial charge in [-0.2, -0.15) is 0 Å². The van der Waals surface area contributed by atoms with E-state index in [1.54, 1.807) is 0 Å². The zero-order chi connectivity index (χ0) is 10.6. The lowest BCUT2D eigenvalue weighted by Gasteiger charge is -2.22. The normalized spacial score (nSPS) is 22.1. The maximum atomic E-state index is 5.36. The first kappa shape index (κ1) is 11.3. The molecular formula is C13H20O. The molecule has 0 aromatic heterocycles. The molecule has 0 aromatic carbocycles. The van der Waals surface area contributed by atoms with E-state index in [2.05, 4.69) is 39.5 Å². The molecule has 1 heterocycles. The molecule has 0 aromatic rings. The molecule has 1 nitrogen and oxygen atoms in total. The van der Waals surface area contributed by atoms with Crippen molar-refractivity contribution in [2.75, 3.05) is 13.2 Å². The Morgan fingerprint density at radius 2 is 2.21 bits per heavy atom. The topological polar surface area (TPSA) is 9.23 Å². The Balaban J connectivity index is 3.00. The van der Waals surface area contributed by atoms with Crippen molar-refractivity contribution < 1.29 is 4.74 Å². The minimum absolute atomic E-state index is 0.566. The first-order valence-corrected chi connectivity index (χ1v) is 5.28. The van der Waals surface area contributed by atoms with E-state index < -0.39 is 0 Å². The third-order valence-corrected chi connectivity index (χ3v) is 2.52. The highest BCUT2D eigenvalue weighted by molar-refractivity contribution is 5.40. The van der Waals surface area contributed by atoms with E-state index >= 15 is 0 Å². The summed E-state index contributed by atoms with van der Waals surface area (Å²) >= 11 is 0. The Kier molecular flexibility index (Phi) is 4.15. The zero-order valence-electron chi connectivity index (χ0n) is 9.47. The first-order chi connectivity index (χ1) is 6.66. The summed E-state index contributed by atoms with van der Waals surface area (Å²) in [6, 6.07) is 0. The summed E-state index contributed by atoms with van der Waals surface area (Å²) in [7, 11) is 0. The summed E-state index contributed by atoms with van der Waals surface area (Å²) in [5, 5.41) is 0. The smallest absolute Gasteiger partial charge is 0.0714 e. The van der Waals surface area contributed by atoms with Crippen molar-refractivity contribution in [3.8, 4) is 0 Å². The molecule has 78 valence electrons. The molecule has 0 aliphatic carbocycles. The van der Waals surface area contributed by atoms with Gasteiger partial charge >= 0.3 is 0 Å². The molecule has 0 N–H and O–H groups in total. The van der Waals surface area contributed by atoms with Gasteiger partial charge in [-0.15, -0.1) is 0 Å². The predicted octanol–water partition coefficient (Wildman–Crippen LogP) is 3.49. The van der Waals surface area contributed by atoms with Gasteiger partial charge in [-0.25, -0.2) is 0 Å². The summed E-state index contributed by atoms with van der Waals surface area (Å²) < 4.78 is 5.36. The molecule has 1 heteroatoms. The van der Waals surface area contributed by atoms with Crippen LogP contribution in [-0.4, -0.2) is 13.2 Å². The molecule has 1 rings (SSSR count). The van der Waals surface area contributed by atoms with Gasteiger partial charge in [-0.3, -0.25) is 0 Å². The Morgan fingerprint density at radius 3 is 2.71 bits per heavy atom.